The molecule has 1 aliphatic rings. The normalized spacial score (nSPS) is 18.9. The van der Waals surface area contributed by atoms with Crippen LogP contribution in [-0.2, 0) is 0 Å². The number of hydrogen-bond acceptors (Lipinski definition) is 3. The Labute approximate surface area is 177 Å². The molecule has 2 atom stereocenters. The van der Waals surface area contributed by atoms with E-state index in [1.807, 2.05) is 48.5 Å². The van der Waals surface area contributed by atoms with Crippen LogP contribution in [0.5, 0.6) is 5.75 Å². The van der Waals surface area contributed by atoms with Crippen molar-refractivity contribution < 1.29 is 9.52 Å². The summed E-state index contributed by atoms with van der Waals surface area (Å²) in [6.45, 7) is 0. The van der Waals surface area contributed by atoms with E-state index in [2.05, 4.69) is 30.3 Å². The predicted octanol–water partition coefficient (Wildman–Crippen LogP) is 7.16. The minimum absolute atomic E-state index is 0.283. The Bertz CT molecular complexity index is 1060. The van der Waals surface area contributed by atoms with Crippen LogP contribution in [0.25, 0.3) is 22.6 Å². The lowest BCUT2D eigenvalue weighted by atomic mass is 9.78. The van der Waals surface area contributed by atoms with E-state index in [4.69, 9.17) is 9.40 Å². The lowest BCUT2D eigenvalue weighted by Gasteiger charge is -2.27. The summed E-state index contributed by atoms with van der Waals surface area (Å²) in [6.07, 6.45) is 4.34. The zero-order valence-electron chi connectivity index (χ0n) is 16.9. The van der Waals surface area contributed by atoms with Gasteiger partial charge in [0.1, 0.15) is 11.4 Å². The Morgan fingerprint density at radius 2 is 1.47 bits per heavy atom. The molecule has 0 spiro atoms. The van der Waals surface area contributed by atoms with E-state index in [0.717, 1.165) is 54.2 Å². The number of aromatic nitrogens is 1. The SMILES string of the molecule is Oc1cccc(C2CCCC(c3nc(-c4ccccc4)c(-c4ccccc4)o3)C2)c1. The third kappa shape index (κ3) is 3.76. The van der Waals surface area contributed by atoms with Crippen molar-refractivity contribution in [3.63, 3.8) is 0 Å². The molecule has 5 rings (SSSR count). The van der Waals surface area contributed by atoms with E-state index in [1.165, 1.54) is 5.56 Å². The molecule has 1 aliphatic carbocycles. The second-order valence-electron chi connectivity index (χ2n) is 8.12. The number of aromatic hydroxyl groups is 1. The van der Waals surface area contributed by atoms with Crippen molar-refractivity contribution in [2.24, 2.45) is 0 Å². The van der Waals surface area contributed by atoms with Crippen LogP contribution in [0.2, 0.25) is 0 Å². The zero-order valence-corrected chi connectivity index (χ0v) is 16.9. The van der Waals surface area contributed by atoms with Crippen LogP contribution in [0.1, 0.15) is 49.0 Å². The maximum atomic E-state index is 9.89. The first-order chi connectivity index (χ1) is 14.8. The van der Waals surface area contributed by atoms with Gasteiger partial charge >= 0.3 is 0 Å². The molecular formula is C27H25NO2. The highest BCUT2D eigenvalue weighted by molar-refractivity contribution is 5.76. The van der Waals surface area contributed by atoms with E-state index < -0.39 is 0 Å². The fourth-order valence-electron chi connectivity index (χ4n) is 4.58. The van der Waals surface area contributed by atoms with Crippen molar-refractivity contribution in [1.82, 2.24) is 4.98 Å². The fraction of sp³-hybridized carbons (Fsp3) is 0.222. The van der Waals surface area contributed by atoms with Gasteiger partial charge in [-0.05, 0) is 42.9 Å². The molecule has 0 aliphatic heterocycles. The molecule has 1 heterocycles. The van der Waals surface area contributed by atoms with Crippen molar-refractivity contribution in [3.8, 4) is 28.3 Å². The number of oxazole rings is 1. The van der Waals surface area contributed by atoms with E-state index in [-0.39, 0.29) is 5.92 Å². The average molecular weight is 396 g/mol. The molecule has 0 bridgehead atoms. The topological polar surface area (TPSA) is 46.3 Å². The monoisotopic (exact) mass is 395 g/mol. The van der Waals surface area contributed by atoms with Crippen LogP contribution in [-0.4, -0.2) is 10.1 Å². The first-order valence-corrected chi connectivity index (χ1v) is 10.7. The number of phenolic OH excluding ortho intramolecular Hbond substituents is 1. The van der Waals surface area contributed by atoms with E-state index >= 15 is 0 Å². The predicted molar refractivity (Wildman–Crippen MR) is 119 cm³/mol. The molecule has 3 aromatic carbocycles. The van der Waals surface area contributed by atoms with Crippen molar-refractivity contribution >= 4 is 0 Å². The van der Waals surface area contributed by atoms with Gasteiger partial charge in [0.2, 0.25) is 0 Å². The highest BCUT2D eigenvalue weighted by atomic mass is 16.4. The van der Waals surface area contributed by atoms with Crippen molar-refractivity contribution in [3.05, 3.63) is 96.4 Å². The lowest BCUT2D eigenvalue weighted by Crippen LogP contribution is -2.13. The van der Waals surface area contributed by atoms with Crippen molar-refractivity contribution in [1.29, 1.82) is 0 Å². The molecule has 1 fully saturated rings. The van der Waals surface area contributed by atoms with Crippen LogP contribution >= 0.6 is 0 Å². The number of phenols is 1. The van der Waals surface area contributed by atoms with Crippen LogP contribution < -0.4 is 0 Å². The van der Waals surface area contributed by atoms with Crippen LogP contribution in [0.4, 0.5) is 0 Å². The summed E-state index contributed by atoms with van der Waals surface area (Å²) in [5.74, 6) is 2.71. The van der Waals surface area contributed by atoms with Gasteiger partial charge in [-0.1, -0.05) is 79.2 Å². The minimum atomic E-state index is 0.283. The molecule has 3 heteroatoms. The van der Waals surface area contributed by atoms with Gasteiger partial charge in [0.15, 0.2) is 11.7 Å². The molecule has 1 aromatic heterocycles. The third-order valence-electron chi connectivity index (χ3n) is 6.09. The van der Waals surface area contributed by atoms with Gasteiger partial charge < -0.3 is 9.52 Å². The summed E-state index contributed by atoms with van der Waals surface area (Å²) < 4.78 is 6.44. The van der Waals surface area contributed by atoms with Crippen LogP contribution in [0.15, 0.2) is 89.3 Å². The van der Waals surface area contributed by atoms with Gasteiger partial charge in [-0.15, -0.1) is 0 Å². The molecule has 4 aromatic rings. The standard InChI is InChI=1S/C27H25NO2/c29-24-16-8-14-22(18-24)21-13-7-15-23(17-21)27-28-25(19-9-3-1-4-10-19)26(30-27)20-11-5-2-6-12-20/h1-6,8-12,14,16,18,21,23,29H,7,13,15,17H2. The van der Waals surface area contributed by atoms with Gasteiger partial charge in [0.05, 0.1) is 0 Å². The minimum Gasteiger partial charge on any atom is -0.508 e. The molecule has 3 nitrogen and oxygen atoms in total. The molecule has 1 saturated carbocycles. The Balaban J connectivity index is 1.51. The zero-order chi connectivity index (χ0) is 20.3. The number of rotatable bonds is 4. The summed E-state index contributed by atoms with van der Waals surface area (Å²) in [5.41, 5.74) is 4.25. The van der Waals surface area contributed by atoms with Crippen molar-refractivity contribution in [2.45, 2.75) is 37.5 Å². The largest absolute Gasteiger partial charge is 0.508 e. The quantitative estimate of drug-likeness (QED) is 0.399. The molecule has 150 valence electrons. The van der Waals surface area contributed by atoms with Gasteiger partial charge in [0.25, 0.3) is 0 Å². The third-order valence-corrected chi connectivity index (χ3v) is 6.09. The smallest absolute Gasteiger partial charge is 0.198 e. The summed E-state index contributed by atoms with van der Waals surface area (Å²) in [5, 5.41) is 9.89. The molecule has 1 N–H and O–H groups in total. The number of benzene rings is 3. The second kappa shape index (κ2) is 8.19. The van der Waals surface area contributed by atoms with E-state index in [1.54, 1.807) is 6.07 Å². The Morgan fingerprint density at radius 3 is 2.20 bits per heavy atom. The first-order valence-electron chi connectivity index (χ1n) is 10.7. The molecule has 2 unspecified atom stereocenters. The molecule has 0 radical (unpaired) electrons. The van der Waals surface area contributed by atoms with Crippen LogP contribution in [0, 0.1) is 0 Å². The molecule has 0 saturated heterocycles. The fourth-order valence-corrected chi connectivity index (χ4v) is 4.58. The first kappa shape index (κ1) is 18.7. The maximum Gasteiger partial charge on any atom is 0.198 e. The summed E-state index contributed by atoms with van der Waals surface area (Å²) >= 11 is 0. The Morgan fingerprint density at radius 1 is 0.767 bits per heavy atom. The average Bonchev–Trinajstić information content (AvgIpc) is 3.26. The van der Waals surface area contributed by atoms with Gasteiger partial charge in [-0.3, -0.25) is 0 Å². The molecule has 0 amide bonds. The Hall–Kier alpha value is -3.33. The highest BCUT2D eigenvalue weighted by Crippen LogP contribution is 2.44. The van der Waals surface area contributed by atoms with E-state index in [9.17, 15) is 5.11 Å². The van der Waals surface area contributed by atoms with Gasteiger partial charge in [-0.2, -0.15) is 0 Å². The summed E-state index contributed by atoms with van der Waals surface area (Å²) in [4.78, 5) is 5.01. The van der Waals surface area contributed by atoms with Crippen LogP contribution in [0.3, 0.4) is 0 Å². The molecule has 30 heavy (non-hydrogen) atoms. The highest BCUT2D eigenvalue weighted by Gasteiger charge is 2.29. The van der Waals surface area contributed by atoms with Crippen molar-refractivity contribution in [2.75, 3.05) is 0 Å². The summed E-state index contributed by atoms with van der Waals surface area (Å²) in [6, 6.07) is 28.2. The van der Waals surface area contributed by atoms with E-state index in [0.29, 0.717) is 11.7 Å². The number of nitrogens with zero attached hydrogens (tertiary/aromatic N) is 1. The number of hydrogen-bond donors (Lipinski definition) is 1. The van der Waals surface area contributed by atoms with Gasteiger partial charge in [-0.25, -0.2) is 4.98 Å². The summed E-state index contributed by atoms with van der Waals surface area (Å²) in [7, 11) is 0. The second-order valence-corrected chi connectivity index (χ2v) is 8.12. The van der Waals surface area contributed by atoms with Gasteiger partial charge in [0, 0.05) is 17.0 Å². The maximum absolute atomic E-state index is 9.89. The lowest BCUT2D eigenvalue weighted by molar-refractivity contribution is 0.337. The molecular weight excluding hydrogens is 370 g/mol. The Kier molecular flexibility index (Phi) is 5.10.